The Labute approximate surface area is 63.4 Å². The third-order valence-corrected chi connectivity index (χ3v) is 8.23. The summed E-state index contributed by atoms with van der Waals surface area (Å²) in [5.41, 5.74) is 0. The molecule has 0 saturated carbocycles. The van der Waals surface area contributed by atoms with Gasteiger partial charge in [0, 0.05) is 5.25 Å². The first kappa shape index (κ1) is 7.67. The van der Waals surface area contributed by atoms with Crippen molar-refractivity contribution >= 4 is 19.8 Å². The lowest BCUT2D eigenvalue weighted by atomic mass is 10.4. The zero-order valence-corrected chi connectivity index (χ0v) is 8.42. The molecule has 1 saturated heterocycles. The van der Waals surface area contributed by atoms with E-state index >= 15 is 0 Å². The molecule has 2 heteroatoms. The van der Waals surface area contributed by atoms with E-state index in [2.05, 4.69) is 31.8 Å². The normalized spacial score (nSPS) is 34.3. The highest BCUT2D eigenvalue weighted by Crippen LogP contribution is 2.30. The molecule has 0 aromatic rings. The van der Waals surface area contributed by atoms with Gasteiger partial charge in [0.1, 0.15) is 0 Å². The maximum atomic E-state index is 2.51. The molecule has 1 aliphatic rings. The van der Waals surface area contributed by atoms with Crippen molar-refractivity contribution in [2.45, 2.75) is 37.7 Å². The SMILES string of the molecule is CC1CC[Si](C)(C)CS1. The van der Waals surface area contributed by atoms with E-state index in [9.17, 15) is 0 Å². The van der Waals surface area contributed by atoms with E-state index in [1.807, 2.05) is 0 Å². The summed E-state index contributed by atoms with van der Waals surface area (Å²) in [6.07, 6.45) is 1.48. The highest BCUT2D eigenvalue weighted by atomic mass is 32.2. The molecule has 0 aliphatic carbocycles. The second-order valence-corrected chi connectivity index (χ2v) is 10.9. The van der Waals surface area contributed by atoms with E-state index in [1.54, 1.807) is 6.04 Å². The van der Waals surface area contributed by atoms with Gasteiger partial charge in [-0.25, -0.2) is 0 Å². The van der Waals surface area contributed by atoms with Crippen LogP contribution in [0.1, 0.15) is 13.3 Å². The van der Waals surface area contributed by atoms with E-state index in [0.717, 1.165) is 5.25 Å². The van der Waals surface area contributed by atoms with Gasteiger partial charge in [-0.3, -0.25) is 0 Å². The van der Waals surface area contributed by atoms with Crippen LogP contribution in [-0.4, -0.2) is 18.7 Å². The maximum Gasteiger partial charge on any atom is 0.0579 e. The van der Waals surface area contributed by atoms with E-state index < -0.39 is 8.07 Å². The third kappa shape index (κ3) is 2.34. The van der Waals surface area contributed by atoms with Gasteiger partial charge in [0.05, 0.1) is 8.07 Å². The Morgan fingerprint density at radius 2 is 2.11 bits per heavy atom. The summed E-state index contributed by atoms with van der Waals surface area (Å²) in [5.74, 6) is 0. The largest absolute Gasteiger partial charge is 0.162 e. The van der Waals surface area contributed by atoms with Crippen molar-refractivity contribution in [3.8, 4) is 0 Å². The van der Waals surface area contributed by atoms with Gasteiger partial charge in [-0.15, -0.1) is 0 Å². The topological polar surface area (TPSA) is 0 Å². The van der Waals surface area contributed by atoms with Crippen molar-refractivity contribution in [3.63, 3.8) is 0 Å². The number of hydrogen-bond acceptors (Lipinski definition) is 1. The summed E-state index contributed by atoms with van der Waals surface area (Å²) < 4.78 is 0. The van der Waals surface area contributed by atoms with Crippen molar-refractivity contribution in [2.75, 3.05) is 5.38 Å². The first-order chi connectivity index (χ1) is 4.10. The van der Waals surface area contributed by atoms with Crippen LogP contribution in [-0.2, 0) is 0 Å². The van der Waals surface area contributed by atoms with Gasteiger partial charge >= 0.3 is 0 Å². The molecule has 0 amide bonds. The Bertz CT molecular complexity index is 91.1. The Balaban J connectivity index is 2.35. The molecular formula is C7H16SSi. The quantitative estimate of drug-likeness (QED) is 0.491. The van der Waals surface area contributed by atoms with E-state index in [-0.39, 0.29) is 0 Å². The molecule has 1 rings (SSSR count). The number of hydrogen-bond donors (Lipinski definition) is 0. The summed E-state index contributed by atoms with van der Waals surface area (Å²) in [7, 11) is -0.669. The molecule has 1 aliphatic heterocycles. The van der Waals surface area contributed by atoms with Gasteiger partial charge in [0.2, 0.25) is 0 Å². The average molecular weight is 160 g/mol. The van der Waals surface area contributed by atoms with Crippen LogP contribution < -0.4 is 0 Å². The summed E-state index contributed by atoms with van der Waals surface area (Å²) in [4.78, 5) is 0. The molecule has 54 valence electrons. The van der Waals surface area contributed by atoms with Gasteiger partial charge in [-0.05, 0) is 11.8 Å². The van der Waals surface area contributed by atoms with E-state index in [1.165, 1.54) is 11.8 Å². The summed E-state index contributed by atoms with van der Waals surface area (Å²) in [6, 6.07) is 1.56. The fraction of sp³-hybridized carbons (Fsp3) is 1.00. The fourth-order valence-electron chi connectivity index (χ4n) is 1.12. The molecule has 1 atom stereocenters. The highest BCUT2D eigenvalue weighted by Gasteiger charge is 2.26. The predicted octanol–water partition coefficient (Wildman–Crippen LogP) is 2.76. The Morgan fingerprint density at radius 1 is 1.44 bits per heavy atom. The molecule has 1 fully saturated rings. The maximum absolute atomic E-state index is 2.51. The summed E-state index contributed by atoms with van der Waals surface area (Å²) in [6.45, 7) is 7.37. The number of thioether (sulfide) groups is 1. The molecule has 1 heterocycles. The molecule has 0 spiro atoms. The van der Waals surface area contributed by atoms with Crippen molar-refractivity contribution in [1.82, 2.24) is 0 Å². The molecular weight excluding hydrogens is 144 g/mol. The van der Waals surface area contributed by atoms with Gasteiger partial charge in [-0.2, -0.15) is 11.8 Å². The van der Waals surface area contributed by atoms with Crippen LogP contribution in [0.4, 0.5) is 0 Å². The monoisotopic (exact) mass is 160 g/mol. The van der Waals surface area contributed by atoms with Crippen molar-refractivity contribution < 1.29 is 0 Å². The van der Waals surface area contributed by atoms with Crippen LogP contribution >= 0.6 is 11.8 Å². The lowest BCUT2D eigenvalue weighted by molar-refractivity contribution is 0.877. The lowest BCUT2D eigenvalue weighted by Crippen LogP contribution is -2.34. The van der Waals surface area contributed by atoms with Crippen molar-refractivity contribution in [3.05, 3.63) is 0 Å². The minimum absolute atomic E-state index is 0.669. The van der Waals surface area contributed by atoms with E-state index in [0.29, 0.717) is 0 Å². The van der Waals surface area contributed by atoms with Gasteiger partial charge < -0.3 is 0 Å². The molecule has 0 bridgehead atoms. The zero-order valence-electron chi connectivity index (χ0n) is 6.61. The first-order valence-electron chi connectivity index (χ1n) is 3.72. The van der Waals surface area contributed by atoms with Gasteiger partial charge in [-0.1, -0.05) is 26.1 Å². The van der Waals surface area contributed by atoms with Gasteiger partial charge in [0.25, 0.3) is 0 Å². The Hall–Kier alpha value is 0.567. The number of rotatable bonds is 0. The third-order valence-electron chi connectivity index (χ3n) is 1.99. The molecule has 0 aromatic heterocycles. The fourth-order valence-corrected chi connectivity index (χ4v) is 6.35. The van der Waals surface area contributed by atoms with Crippen molar-refractivity contribution in [1.29, 1.82) is 0 Å². The molecule has 1 unspecified atom stereocenters. The minimum Gasteiger partial charge on any atom is -0.162 e. The van der Waals surface area contributed by atoms with Crippen LogP contribution in [0, 0.1) is 0 Å². The smallest absolute Gasteiger partial charge is 0.0579 e. The second-order valence-electron chi connectivity index (χ2n) is 3.82. The second kappa shape index (κ2) is 2.66. The van der Waals surface area contributed by atoms with E-state index in [4.69, 9.17) is 0 Å². The van der Waals surface area contributed by atoms with Crippen LogP contribution in [0.5, 0.6) is 0 Å². The average Bonchev–Trinajstić information content (AvgIpc) is 1.78. The lowest BCUT2D eigenvalue weighted by Gasteiger charge is -2.30. The van der Waals surface area contributed by atoms with Crippen LogP contribution in [0.2, 0.25) is 19.1 Å². The van der Waals surface area contributed by atoms with Crippen LogP contribution in [0.15, 0.2) is 0 Å². The first-order valence-corrected chi connectivity index (χ1v) is 8.18. The summed E-state index contributed by atoms with van der Waals surface area (Å²) in [5, 5.41) is 2.44. The predicted molar refractivity (Wildman–Crippen MR) is 48.8 cm³/mol. The highest BCUT2D eigenvalue weighted by molar-refractivity contribution is 8.01. The minimum atomic E-state index is -0.669. The molecule has 0 radical (unpaired) electrons. The van der Waals surface area contributed by atoms with Crippen molar-refractivity contribution in [2.24, 2.45) is 0 Å². The van der Waals surface area contributed by atoms with Gasteiger partial charge in [0.15, 0.2) is 0 Å². The molecule has 0 N–H and O–H groups in total. The summed E-state index contributed by atoms with van der Waals surface area (Å²) >= 11 is 2.19. The standard InChI is InChI=1S/C7H16SSi/c1-7-4-5-9(2,3)6-8-7/h7H,4-6H2,1-3H3. The molecule has 9 heavy (non-hydrogen) atoms. The van der Waals surface area contributed by atoms with Crippen LogP contribution in [0.25, 0.3) is 0 Å². The van der Waals surface area contributed by atoms with Crippen LogP contribution in [0.3, 0.4) is 0 Å². The molecule has 0 nitrogen and oxygen atoms in total. The zero-order chi connectivity index (χ0) is 6.91. The molecule has 0 aromatic carbocycles. The Kier molecular flexibility index (Phi) is 2.27. The Morgan fingerprint density at radius 3 is 2.44 bits per heavy atom.